The minimum atomic E-state index is -1.18. The van der Waals surface area contributed by atoms with Crippen LogP contribution in [-0.2, 0) is 26.5 Å². The lowest BCUT2D eigenvalue weighted by molar-refractivity contribution is -0.143. The van der Waals surface area contributed by atoms with Crippen molar-refractivity contribution in [3.05, 3.63) is 65.7 Å². The van der Waals surface area contributed by atoms with Crippen molar-refractivity contribution in [1.29, 1.82) is 0 Å². The lowest BCUT2D eigenvalue weighted by Crippen LogP contribution is -2.52. The Hall–Kier alpha value is -2.99. The Labute approximate surface area is 156 Å². The molecule has 3 heterocycles. The van der Waals surface area contributed by atoms with Crippen LogP contribution in [0.4, 0.5) is 5.69 Å². The van der Waals surface area contributed by atoms with E-state index in [1.54, 1.807) is 0 Å². The third kappa shape index (κ3) is 2.01. The Morgan fingerprint density at radius 1 is 0.963 bits per heavy atom. The van der Waals surface area contributed by atoms with E-state index in [2.05, 4.69) is 10.6 Å². The maximum atomic E-state index is 13.3. The van der Waals surface area contributed by atoms with Gasteiger partial charge in [0.15, 0.2) is 0 Å². The fraction of sp³-hybridized carbons (Fsp3) is 0.286. The molecule has 3 aliphatic rings. The highest BCUT2D eigenvalue weighted by Gasteiger charge is 2.69. The van der Waals surface area contributed by atoms with Gasteiger partial charge in [0.2, 0.25) is 17.7 Å². The SMILES string of the molecule is C[C@H]1N[C@]2(C(=O)Nc3ccccc32)[C@H]2C(=O)N(Cc3ccccc3)C(=O)[C@H]12. The first-order valence-electron chi connectivity index (χ1n) is 9.12. The quantitative estimate of drug-likeness (QED) is 0.797. The molecule has 6 heteroatoms. The minimum absolute atomic E-state index is 0.206. The molecule has 2 N–H and O–H groups in total. The Balaban J connectivity index is 1.59. The van der Waals surface area contributed by atoms with Crippen LogP contribution in [0.15, 0.2) is 54.6 Å². The number of rotatable bonds is 2. The number of amides is 3. The molecule has 6 nitrogen and oxygen atoms in total. The highest BCUT2D eigenvalue weighted by Crippen LogP contribution is 2.52. The molecule has 0 unspecified atom stereocenters. The van der Waals surface area contributed by atoms with Crippen LogP contribution in [0.3, 0.4) is 0 Å². The summed E-state index contributed by atoms with van der Waals surface area (Å²) in [6, 6.07) is 16.5. The average Bonchev–Trinajstić information content (AvgIpc) is 3.23. The first-order chi connectivity index (χ1) is 13.0. The van der Waals surface area contributed by atoms with E-state index in [0.717, 1.165) is 11.1 Å². The van der Waals surface area contributed by atoms with Crippen molar-refractivity contribution in [3.8, 4) is 0 Å². The zero-order valence-electron chi connectivity index (χ0n) is 14.8. The van der Waals surface area contributed by atoms with E-state index < -0.39 is 17.4 Å². The topological polar surface area (TPSA) is 78.5 Å². The average molecular weight is 361 g/mol. The molecule has 1 spiro atoms. The number of nitrogens with zero attached hydrogens (tertiary/aromatic N) is 1. The van der Waals surface area contributed by atoms with Crippen LogP contribution in [0.25, 0.3) is 0 Å². The molecule has 27 heavy (non-hydrogen) atoms. The molecule has 0 radical (unpaired) electrons. The van der Waals surface area contributed by atoms with Crippen LogP contribution in [0.2, 0.25) is 0 Å². The Morgan fingerprint density at radius 3 is 2.44 bits per heavy atom. The number of hydrogen-bond donors (Lipinski definition) is 2. The first kappa shape index (κ1) is 16.2. The second-order valence-electron chi connectivity index (χ2n) is 7.49. The first-order valence-corrected chi connectivity index (χ1v) is 9.12. The predicted octanol–water partition coefficient (Wildman–Crippen LogP) is 1.63. The van der Waals surface area contributed by atoms with Gasteiger partial charge < -0.3 is 5.32 Å². The monoisotopic (exact) mass is 361 g/mol. The second-order valence-corrected chi connectivity index (χ2v) is 7.49. The van der Waals surface area contributed by atoms with Gasteiger partial charge in [0, 0.05) is 17.3 Å². The highest BCUT2D eigenvalue weighted by atomic mass is 16.2. The lowest BCUT2D eigenvalue weighted by Gasteiger charge is -2.29. The van der Waals surface area contributed by atoms with Gasteiger partial charge in [-0.25, -0.2) is 0 Å². The number of imide groups is 1. The molecule has 2 aromatic rings. The van der Waals surface area contributed by atoms with Crippen molar-refractivity contribution < 1.29 is 14.4 Å². The van der Waals surface area contributed by atoms with Crippen LogP contribution in [-0.4, -0.2) is 28.7 Å². The molecule has 2 fully saturated rings. The third-order valence-corrected chi connectivity index (χ3v) is 6.04. The summed E-state index contributed by atoms with van der Waals surface area (Å²) in [5.41, 5.74) is 1.16. The van der Waals surface area contributed by atoms with Crippen LogP contribution in [0.1, 0.15) is 18.1 Å². The minimum Gasteiger partial charge on any atom is -0.324 e. The molecular weight excluding hydrogens is 342 g/mol. The summed E-state index contributed by atoms with van der Waals surface area (Å²) < 4.78 is 0. The van der Waals surface area contributed by atoms with Gasteiger partial charge in [-0.3, -0.25) is 24.6 Å². The fourth-order valence-corrected chi connectivity index (χ4v) is 4.90. The number of benzene rings is 2. The Morgan fingerprint density at radius 2 is 1.67 bits per heavy atom. The third-order valence-electron chi connectivity index (χ3n) is 6.04. The standard InChI is InChI=1S/C21H19N3O3/c1-12-16-17(19(26)24(18(16)25)11-13-7-3-2-4-8-13)21(23-12)14-9-5-6-10-15(14)22-20(21)27/h2-10,12,16-17,23H,11H2,1H3,(H,22,27)/t12-,16-,17-,21+/m1/s1. The molecule has 5 rings (SSSR count). The van der Waals surface area contributed by atoms with Crippen LogP contribution in [0.5, 0.6) is 0 Å². The Bertz CT molecular complexity index is 974. The van der Waals surface area contributed by atoms with Crippen LogP contribution < -0.4 is 10.6 Å². The van der Waals surface area contributed by atoms with Gasteiger partial charge in [-0.15, -0.1) is 0 Å². The largest absolute Gasteiger partial charge is 0.324 e. The zero-order valence-corrected chi connectivity index (χ0v) is 14.8. The number of carbonyl (C=O) groups is 3. The lowest BCUT2D eigenvalue weighted by atomic mass is 9.76. The van der Waals surface area contributed by atoms with Gasteiger partial charge in [-0.2, -0.15) is 0 Å². The second kappa shape index (κ2) is 5.50. The summed E-state index contributed by atoms with van der Waals surface area (Å²) in [4.78, 5) is 40.8. The number of carbonyl (C=O) groups excluding carboxylic acids is 3. The number of anilines is 1. The van der Waals surface area contributed by atoms with E-state index in [1.165, 1.54) is 4.90 Å². The van der Waals surface area contributed by atoms with Crippen molar-refractivity contribution in [2.75, 3.05) is 5.32 Å². The molecule has 136 valence electrons. The molecule has 0 aromatic heterocycles. The number of nitrogens with one attached hydrogen (secondary N) is 2. The summed E-state index contributed by atoms with van der Waals surface area (Å²) in [5, 5.41) is 6.18. The molecule has 0 bridgehead atoms. The van der Waals surface area contributed by atoms with E-state index in [9.17, 15) is 14.4 Å². The zero-order chi connectivity index (χ0) is 18.8. The highest BCUT2D eigenvalue weighted by molar-refractivity contribution is 6.15. The number of fused-ring (bicyclic) bond motifs is 4. The molecule has 2 aromatic carbocycles. The molecule has 3 amide bonds. The van der Waals surface area contributed by atoms with Gasteiger partial charge in [0.1, 0.15) is 5.54 Å². The van der Waals surface area contributed by atoms with Crippen molar-refractivity contribution >= 4 is 23.4 Å². The van der Waals surface area contributed by atoms with Crippen molar-refractivity contribution in [3.63, 3.8) is 0 Å². The van der Waals surface area contributed by atoms with Crippen molar-refractivity contribution in [2.24, 2.45) is 11.8 Å². The summed E-state index contributed by atoms with van der Waals surface area (Å²) >= 11 is 0. The van der Waals surface area contributed by atoms with Crippen LogP contribution >= 0.6 is 0 Å². The predicted molar refractivity (Wildman–Crippen MR) is 98.3 cm³/mol. The summed E-state index contributed by atoms with van der Waals surface area (Å²) in [6.07, 6.45) is 0. The fourth-order valence-electron chi connectivity index (χ4n) is 4.90. The van der Waals surface area contributed by atoms with E-state index in [4.69, 9.17) is 0 Å². The Kier molecular flexibility index (Phi) is 3.30. The van der Waals surface area contributed by atoms with E-state index in [0.29, 0.717) is 5.69 Å². The number of likely N-dealkylation sites (tertiary alicyclic amines) is 1. The molecule has 3 aliphatic heterocycles. The van der Waals surface area contributed by atoms with Gasteiger partial charge in [0.25, 0.3) is 0 Å². The molecule has 0 saturated carbocycles. The van der Waals surface area contributed by atoms with E-state index >= 15 is 0 Å². The van der Waals surface area contributed by atoms with Gasteiger partial charge in [-0.1, -0.05) is 48.5 Å². The number of para-hydroxylation sites is 1. The van der Waals surface area contributed by atoms with E-state index in [-0.39, 0.29) is 30.3 Å². The maximum Gasteiger partial charge on any atom is 0.250 e. The van der Waals surface area contributed by atoms with E-state index in [1.807, 2.05) is 61.5 Å². The number of hydrogen-bond acceptors (Lipinski definition) is 4. The maximum absolute atomic E-state index is 13.3. The normalized spacial score (nSPS) is 31.4. The summed E-state index contributed by atoms with van der Waals surface area (Å²) in [6.45, 7) is 2.11. The molecule has 4 atom stereocenters. The molecular formula is C21H19N3O3. The smallest absolute Gasteiger partial charge is 0.250 e. The van der Waals surface area contributed by atoms with Crippen molar-refractivity contribution in [2.45, 2.75) is 25.0 Å². The van der Waals surface area contributed by atoms with Crippen LogP contribution in [0, 0.1) is 11.8 Å². The van der Waals surface area contributed by atoms with Gasteiger partial charge in [0.05, 0.1) is 18.4 Å². The molecule has 0 aliphatic carbocycles. The summed E-state index contributed by atoms with van der Waals surface area (Å²) in [5.74, 6) is -2.02. The summed E-state index contributed by atoms with van der Waals surface area (Å²) in [7, 11) is 0. The molecule has 2 saturated heterocycles. The van der Waals surface area contributed by atoms with Crippen molar-refractivity contribution in [1.82, 2.24) is 10.2 Å². The van der Waals surface area contributed by atoms with Gasteiger partial charge >= 0.3 is 0 Å². The van der Waals surface area contributed by atoms with Gasteiger partial charge in [-0.05, 0) is 18.6 Å².